The van der Waals surface area contributed by atoms with Crippen LogP contribution in [0.1, 0.15) is 24.1 Å². The summed E-state index contributed by atoms with van der Waals surface area (Å²) in [7, 11) is 0. The molecule has 0 fully saturated rings. The van der Waals surface area contributed by atoms with Gasteiger partial charge in [-0.05, 0) is 30.2 Å². The predicted octanol–water partition coefficient (Wildman–Crippen LogP) is 3.59. The fourth-order valence-corrected chi connectivity index (χ4v) is 1.86. The molecule has 1 atom stereocenters. The standard InChI is InChI=1S/C14H15ClN2/c1-11(12-6-4-8-16-9-12)17-10-13-5-2-3-7-14(13)15/h2-9,11,17H,10H2,1H3/t11-/m0/s1. The van der Waals surface area contributed by atoms with Crippen molar-refractivity contribution < 1.29 is 0 Å². The lowest BCUT2D eigenvalue weighted by molar-refractivity contribution is 0.573. The summed E-state index contributed by atoms with van der Waals surface area (Å²) in [5, 5.41) is 4.24. The number of hydrogen-bond donors (Lipinski definition) is 1. The number of rotatable bonds is 4. The van der Waals surface area contributed by atoms with E-state index in [1.165, 1.54) is 5.56 Å². The fraction of sp³-hybridized carbons (Fsp3) is 0.214. The second-order valence-electron chi connectivity index (χ2n) is 3.98. The van der Waals surface area contributed by atoms with Gasteiger partial charge in [0.1, 0.15) is 0 Å². The number of aromatic nitrogens is 1. The Bertz CT molecular complexity index is 471. The van der Waals surface area contributed by atoms with Crippen LogP contribution in [-0.4, -0.2) is 4.98 Å². The zero-order chi connectivity index (χ0) is 12.1. The second kappa shape index (κ2) is 5.80. The SMILES string of the molecule is C[C@H](NCc1ccccc1Cl)c1cccnc1. The van der Waals surface area contributed by atoms with E-state index in [0.717, 1.165) is 17.1 Å². The van der Waals surface area contributed by atoms with Gasteiger partial charge in [0.25, 0.3) is 0 Å². The molecule has 0 spiro atoms. The highest BCUT2D eigenvalue weighted by atomic mass is 35.5. The summed E-state index contributed by atoms with van der Waals surface area (Å²) in [4.78, 5) is 4.11. The van der Waals surface area contributed by atoms with Crippen molar-refractivity contribution in [2.75, 3.05) is 0 Å². The number of benzene rings is 1. The van der Waals surface area contributed by atoms with E-state index in [1.54, 1.807) is 6.20 Å². The van der Waals surface area contributed by atoms with E-state index < -0.39 is 0 Å². The molecular formula is C14H15ClN2. The molecule has 88 valence electrons. The van der Waals surface area contributed by atoms with Crippen LogP contribution >= 0.6 is 11.6 Å². The summed E-state index contributed by atoms with van der Waals surface area (Å²) in [6, 6.07) is 12.2. The van der Waals surface area contributed by atoms with Crippen LogP contribution < -0.4 is 5.32 Å². The van der Waals surface area contributed by atoms with Crippen molar-refractivity contribution in [3.05, 3.63) is 64.9 Å². The van der Waals surface area contributed by atoms with E-state index in [9.17, 15) is 0 Å². The first-order chi connectivity index (χ1) is 8.27. The van der Waals surface area contributed by atoms with Crippen molar-refractivity contribution in [2.45, 2.75) is 19.5 Å². The summed E-state index contributed by atoms with van der Waals surface area (Å²) in [5.74, 6) is 0. The highest BCUT2D eigenvalue weighted by molar-refractivity contribution is 6.31. The van der Waals surface area contributed by atoms with E-state index in [2.05, 4.69) is 23.3 Å². The molecular weight excluding hydrogens is 232 g/mol. The lowest BCUT2D eigenvalue weighted by Gasteiger charge is -2.14. The first-order valence-electron chi connectivity index (χ1n) is 5.64. The topological polar surface area (TPSA) is 24.9 Å². The summed E-state index contributed by atoms with van der Waals surface area (Å²) in [6.07, 6.45) is 3.66. The smallest absolute Gasteiger partial charge is 0.0450 e. The van der Waals surface area contributed by atoms with Gasteiger partial charge in [-0.3, -0.25) is 4.98 Å². The summed E-state index contributed by atoms with van der Waals surface area (Å²) >= 11 is 6.10. The van der Waals surface area contributed by atoms with E-state index in [-0.39, 0.29) is 6.04 Å². The van der Waals surface area contributed by atoms with Crippen LogP contribution in [0.3, 0.4) is 0 Å². The first kappa shape index (κ1) is 12.1. The minimum absolute atomic E-state index is 0.264. The Morgan fingerprint density at radius 1 is 1.24 bits per heavy atom. The van der Waals surface area contributed by atoms with Crippen LogP contribution in [0.4, 0.5) is 0 Å². The molecule has 0 bridgehead atoms. The molecule has 2 rings (SSSR count). The number of nitrogens with one attached hydrogen (secondary N) is 1. The van der Waals surface area contributed by atoms with Gasteiger partial charge in [0.05, 0.1) is 0 Å². The van der Waals surface area contributed by atoms with Crippen molar-refractivity contribution in [3.8, 4) is 0 Å². The van der Waals surface area contributed by atoms with Gasteiger partial charge in [-0.1, -0.05) is 35.9 Å². The van der Waals surface area contributed by atoms with Crippen LogP contribution in [-0.2, 0) is 6.54 Å². The molecule has 1 N–H and O–H groups in total. The van der Waals surface area contributed by atoms with Crippen molar-refractivity contribution in [3.63, 3.8) is 0 Å². The van der Waals surface area contributed by atoms with Crippen LogP contribution in [0.15, 0.2) is 48.8 Å². The third kappa shape index (κ3) is 3.29. The maximum atomic E-state index is 6.10. The monoisotopic (exact) mass is 246 g/mol. The van der Waals surface area contributed by atoms with Gasteiger partial charge in [-0.15, -0.1) is 0 Å². The molecule has 0 saturated heterocycles. The Morgan fingerprint density at radius 3 is 2.76 bits per heavy atom. The molecule has 0 aliphatic heterocycles. The molecule has 1 aromatic heterocycles. The lowest BCUT2D eigenvalue weighted by Crippen LogP contribution is -2.18. The van der Waals surface area contributed by atoms with E-state index in [4.69, 9.17) is 11.6 Å². The van der Waals surface area contributed by atoms with Crippen molar-refractivity contribution in [1.82, 2.24) is 10.3 Å². The normalized spacial score (nSPS) is 12.4. The van der Waals surface area contributed by atoms with Gasteiger partial charge in [0.15, 0.2) is 0 Å². The molecule has 2 aromatic rings. The third-order valence-corrected chi connectivity index (χ3v) is 3.11. The summed E-state index contributed by atoms with van der Waals surface area (Å²) < 4.78 is 0. The molecule has 0 aliphatic rings. The van der Waals surface area contributed by atoms with Crippen LogP contribution in [0.5, 0.6) is 0 Å². The first-order valence-corrected chi connectivity index (χ1v) is 6.02. The van der Waals surface area contributed by atoms with Gasteiger partial charge >= 0.3 is 0 Å². The number of halogens is 1. The van der Waals surface area contributed by atoms with Gasteiger partial charge in [-0.25, -0.2) is 0 Å². The minimum atomic E-state index is 0.264. The molecule has 3 heteroatoms. The van der Waals surface area contributed by atoms with Gasteiger partial charge < -0.3 is 5.32 Å². The zero-order valence-corrected chi connectivity index (χ0v) is 10.5. The zero-order valence-electron chi connectivity index (χ0n) is 9.73. The Hall–Kier alpha value is -1.38. The lowest BCUT2D eigenvalue weighted by atomic mass is 10.1. The van der Waals surface area contributed by atoms with E-state index >= 15 is 0 Å². The maximum absolute atomic E-state index is 6.10. The molecule has 0 saturated carbocycles. The molecule has 0 aliphatic carbocycles. The summed E-state index contributed by atoms with van der Waals surface area (Å²) in [5.41, 5.74) is 2.30. The quantitative estimate of drug-likeness (QED) is 0.892. The number of pyridine rings is 1. The fourth-order valence-electron chi connectivity index (χ4n) is 1.65. The number of hydrogen-bond acceptors (Lipinski definition) is 2. The number of nitrogens with zero attached hydrogens (tertiary/aromatic N) is 1. The van der Waals surface area contributed by atoms with Gasteiger partial charge in [-0.2, -0.15) is 0 Å². The molecule has 0 radical (unpaired) electrons. The van der Waals surface area contributed by atoms with Crippen molar-refractivity contribution in [1.29, 1.82) is 0 Å². The van der Waals surface area contributed by atoms with Crippen LogP contribution in [0.2, 0.25) is 5.02 Å². The maximum Gasteiger partial charge on any atom is 0.0450 e. The average molecular weight is 247 g/mol. The molecule has 17 heavy (non-hydrogen) atoms. The van der Waals surface area contributed by atoms with Gasteiger partial charge in [0, 0.05) is 30.0 Å². The Labute approximate surface area is 107 Å². The molecule has 0 amide bonds. The molecule has 1 aromatic carbocycles. The molecule has 2 nitrogen and oxygen atoms in total. The van der Waals surface area contributed by atoms with E-state index in [1.807, 2.05) is 36.5 Å². The largest absolute Gasteiger partial charge is 0.306 e. The minimum Gasteiger partial charge on any atom is -0.306 e. The Balaban J connectivity index is 1.97. The third-order valence-electron chi connectivity index (χ3n) is 2.74. The second-order valence-corrected chi connectivity index (χ2v) is 4.39. The van der Waals surface area contributed by atoms with Crippen molar-refractivity contribution >= 4 is 11.6 Å². The van der Waals surface area contributed by atoms with Crippen LogP contribution in [0, 0.1) is 0 Å². The highest BCUT2D eigenvalue weighted by Crippen LogP contribution is 2.16. The van der Waals surface area contributed by atoms with Crippen LogP contribution in [0.25, 0.3) is 0 Å². The Morgan fingerprint density at radius 2 is 2.06 bits per heavy atom. The average Bonchev–Trinajstić information content (AvgIpc) is 2.38. The highest BCUT2D eigenvalue weighted by Gasteiger charge is 2.05. The van der Waals surface area contributed by atoms with E-state index in [0.29, 0.717) is 0 Å². The predicted molar refractivity (Wildman–Crippen MR) is 70.9 cm³/mol. The van der Waals surface area contributed by atoms with Gasteiger partial charge in [0.2, 0.25) is 0 Å². The molecule has 0 unspecified atom stereocenters. The summed E-state index contributed by atoms with van der Waals surface area (Å²) in [6.45, 7) is 2.88. The van der Waals surface area contributed by atoms with Crippen molar-refractivity contribution in [2.24, 2.45) is 0 Å². The molecule has 1 heterocycles. The Kier molecular flexibility index (Phi) is 4.13.